The Balaban J connectivity index is 2.15. The van der Waals surface area contributed by atoms with Crippen LogP contribution in [0.3, 0.4) is 0 Å². The van der Waals surface area contributed by atoms with Gasteiger partial charge in [-0.1, -0.05) is 35.4 Å². The third-order valence-corrected chi connectivity index (χ3v) is 6.19. The molecule has 5 nitrogen and oxygen atoms in total. The summed E-state index contributed by atoms with van der Waals surface area (Å²) in [5, 5.41) is 0.560. The van der Waals surface area contributed by atoms with Crippen LogP contribution in [0.5, 0.6) is 0 Å². The third-order valence-electron chi connectivity index (χ3n) is 4.16. The molecule has 0 bridgehead atoms. The minimum atomic E-state index is -3.64. The van der Waals surface area contributed by atoms with Crippen molar-refractivity contribution in [3.8, 4) is 0 Å². The molecule has 0 heterocycles. The number of rotatable bonds is 6. The van der Waals surface area contributed by atoms with E-state index in [9.17, 15) is 13.2 Å². The highest BCUT2D eigenvalue weighted by Gasteiger charge is 2.19. The van der Waals surface area contributed by atoms with Gasteiger partial charge in [0.2, 0.25) is 15.9 Å². The van der Waals surface area contributed by atoms with Crippen molar-refractivity contribution in [3.63, 3.8) is 0 Å². The maximum absolute atomic E-state index is 12.5. The fourth-order valence-corrected chi connectivity index (χ4v) is 4.22. The first-order valence-corrected chi connectivity index (χ1v) is 10.1. The maximum Gasteiger partial charge on any atom is 0.240 e. The van der Waals surface area contributed by atoms with E-state index in [1.165, 1.54) is 11.8 Å². The molecule has 0 radical (unpaired) electrons. The highest BCUT2D eigenvalue weighted by Crippen LogP contribution is 2.26. The van der Waals surface area contributed by atoms with Crippen LogP contribution in [0.1, 0.15) is 23.6 Å². The van der Waals surface area contributed by atoms with E-state index in [-0.39, 0.29) is 23.9 Å². The topological polar surface area (TPSA) is 66.5 Å². The number of carbonyl (C=O) groups excluding carboxylic acids is 1. The summed E-state index contributed by atoms with van der Waals surface area (Å²) >= 11 is 6.13. The number of aryl methyl sites for hydroxylation is 2. The second-order valence-corrected chi connectivity index (χ2v) is 8.36. The van der Waals surface area contributed by atoms with Crippen molar-refractivity contribution in [2.75, 3.05) is 18.0 Å². The third kappa shape index (κ3) is 4.63. The zero-order valence-electron chi connectivity index (χ0n) is 15.3. The number of nitrogens with zero attached hydrogens (tertiary/aromatic N) is 1. The zero-order chi connectivity index (χ0) is 19.5. The Morgan fingerprint density at radius 1 is 1.15 bits per heavy atom. The highest BCUT2D eigenvalue weighted by molar-refractivity contribution is 7.89. The van der Waals surface area contributed by atoms with Gasteiger partial charge >= 0.3 is 0 Å². The Kier molecular flexibility index (Phi) is 6.44. The van der Waals surface area contributed by atoms with Gasteiger partial charge in [-0.2, -0.15) is 0 Å². The van der Waals surface area contributed by atoms with Crippen LogP contribution < -0.4 is 9.62 Å². The van der Waals surface area contributed by atoms with E-state index >= 15 is 0 Å². The number of sulfonamides is 1. The van der Waals surface area contributed by atoms with Gasteiger partial charge in [-0.05, 0) is 50.1 Å². The molecule has 1 N–H and O–H groups in total. The van der Waals surface area contributed by atoms with Gasteiger partial charge < -0.3 is 4.90 Å². The Morgan fingerprint density at radius 3 is 2.46 bits per heavy atom. The molecule has 2 aromatic carbocycles. The summed E-state index contributed by atoms with van der Waals surface area (Å²) in [4.78, 5) is 13.8. The summed E-state index contributed by atoms with van der Waals surface area (Å²) in [6.07, 6.45) is 0. The fraction of sp³-hybridized carbons (Fsp3) is 0.316. The average molecular weight is 395 g/mol. The van der Waals surface area contributed by atoms with Crippen LogP contribution in [0.2, 0.25) is 5.02 Å². The largest absolute Gasteiger partial charge is 0.311 e. The van der Waals surface area contributed by atoms with Gasteiger partial charge in [-0.15, -0.1) is 0 Å². The molecule has 0 spiro atoms. The number of nitrogens with one attached hydrogen (secondary N) is 1. The molecule has 0 saturated heterocycles. The van der Waals surface area contributed by atoms with Crippen LogP contribution in [0, 0.1) is 20.8 Å². The molecule has 0 unspecified atom stereocenters. The van der Waals surface area contributed by atoms with E-state index in [0.29, 0.717) is 16.3 Å². The summed E-state index contributed by atoms with van der Waals surface area (Å²) < 4.78 is 27.6. The van der Waals surface area contributed by atoms with E-state index in [1.54, 1.807) is 37.3 Å². The van der Waals surface area contributed by atoms with Crippen LogP contribution in [0.25, 0.3) is 0 Å². The van der Waals surface area contributed by atoms with Gasteiger partial charge in [0.25, 0.3) is 0 Å². The van der Waals surface area contributed by atoms with Crippen molar-refractivity contribution in [1.29, 1.82) is 0 Å². The Labute approximate surface area is 160 Å². The number of hydrogen-bond donors (Lipinski definition) is 1. The van der Waals surface area contributed by atoms with Gasteiger partial charge in [0, 0.05) is 30.7 Å². The number of hydrogen-bond acceptors (Lipinski definition) is 3. The number of benzene rings is 2. The lowest BCUT2D eigenvalue weighted by molar-refractivity contribution is -0.116. The smallest absolute Gasteiger partial charge is 0.240 e. The molecule has 0 atom stereocenters. The first-order valence-electron chi connectivity index (χ1n) is 8.23. The first-order chi connectivity index (χ1) is 12.1. The fourth-order valence-electron chi connectivity index (χ4n) is 2.81. The molecule has 2 aromatic rings. The minimum Gasteiger partial charge on any atom is -0.311 e. The Hall–Kier alpha value is -1.89. The predicted molar refractivity (Wildman–Crippen MR) is 105 cm³/mol. The zero-order valence-corrected chi connectivity index (χ0v) is 16.9. The Bertz CT molecular complexity index is 926. The van der Waals surface area contributed by atoms with Crippen LogP contribution in [0.4, 0.5) is 5.69 Å². The summed E-state index contributed by atoms with van der Waals surface area (Å²) in [5.41, 5.74) is 3.14. The van der Waals surface area contributed by atoms with Gasteiger partial charge in [-0.25, -0.2) is 13.1 Å². The molecular formula is C19H23ClN2O3S. The van der Waals surface area contributed by atoms with Crippen molar-refractivity contribution >= 4 is 33.2 Å². The van der Waals surface area contributed by atoms with E-state index in [4.69, 9.17) is 11.6 Å². The Morgan fingerprint density at radius 2 is 1.85 bits per heavy atom. The predicted octanol–water partition coefficient (Wildman–Crippen LogP) is 3.60. The van der Waals surface area contributed by atoms with Crippen molar-refractivity contribution in [2.24, 2.45) is 0 Å². The average Bonchev–Trinajstić information content (AvgIpc) is 2.54. The van der Waals surface area contributed by atoms with E-state index < -0.39 is 10.0 Å². The monoisotopic (exact) mass is 394 g/mol. The van der Waals surface area contributed by atoms with E-state index in [2.05, 4.69) is 4.72 Å². The molecule has 0 aliphatic heterocycles. The second-order valence-electron chi connectivity index (χ2n) is 6.22. The van der Waals surface area contributed by atoms with Crippen LogP contribution in [-0.4, -0.2) is 27.4 Å². The lowest BCUT2D eigenvalue weighted by atomic mass is 10.1. The minimum absolute atomic E-state index is 0.0984. The summed E-state index contributed by atoms with van der Waals surface area (Å²) in [6.45, 7) is 7.25. The van der Waals surface area contributed by atoms with E-state index in [1.807, 2.05) is 19.9 Å². The van der Waals surface area contributed by atoms with Gasteiger partial charge in [0.15, 0.2) is 0 Å². The van der Waals surface area contributed by atoms with E-state index in [0.717, 1.165) is 11.1 Å². The van der Waals surface area contributed by atoms with Crippen LogP contribution in [0.15, 0.2) is 41.3 Å². The molecule has 0 aromatic heterocycles. The second kappa shape index (κ2) is 8.20. The molecule has 0 fully saturated rings. The SMILES string of the molecule is CC(=O)N(CCNS(=O)(=O)c1ccc(C)cc1C)c1cccc(Cl)c1C. The number of anilines is 1. The maximum atomic E-state index is 12.5. The van der Waals surface area contributed by atoms with Crippen LogP contribution >= 0.6 is 11.6 Å². The number of carbonyl (C=O) groups is 1. The molecule has 0 saturated carbocycles. The standard InChI is InChI=1S/C19H23ClN2O3S/c1-13-8-9-19(14(2)12-13)26(24,25)21-10-11-22(16(4)23)18-7-5-6-17(20)15(18)3/h5-9,12,21H,10-11H2,1-4H3. The highest BCUT2D eigenvalue weighted by atomic mass is 35.5. The van der Waals surface area contributed by atoms with Crippen LogP contribution in [-0.2, 0) is 14.8 Å². The molecule has 2 rings (SSSR count). The number of halogens is 1. The molecule has 0 aliphatic carbocycles. The normalized spacial score (nSPS) is 11.4. The summed E-state index contributed by atoms with van der Waals surface area (Å²) in [6, 6.07) is 10.5. The molecule has 0 aliphatic rings. The van der Waals surface area contributed by atoms with Crippen molar-refractivity contribution < 1.29 is 13.2 Å². The summed E-state index contributed by atoms with van der Waals surface area (Å²) in [5.74, 6) is -0.180. The quantitative estimate of drug-likeness (QED) is 0.814. The summed E-state index contributed by atoms with van der Waals surface area (Å²) in [7, 11) is -3.64. The molecule has 140 valence electrons. The molecular weight excluding hydrogens is 372 g/mol. The first kappa shape index (κ1) is 20.4. The molecule has 26 heavy (non-hydrogen) atoms. The van der Waals surface area contributed by atoms with Gasteiger partial charge in [0.05, 0.1) is 4.90 Å². The molecule has 1 amide bonds. The van der Waals surface area contributed by atoms with Gasteiger partial charge in [0.1, 0.15) is 0 Å². The van der Waals surface area contributed by atoms with Crippen molar-refractivity contribution in [2.45, 2.75) is 32.6 Å². The van der Waals surface area contributed by atoms with Crippen molar-refractivity contribution in [3.05, 3.63) is 58.1 Å². The van der Waals surface area contributed by atoms with Gasteiger partial charge in [-0.3, -0.25) is 4.79 Å². The van der Waals surface area contributed by atoms with Crippen molar-refractivity contribution in [1.82, 2.24) is 4.72 Å². The lowest BCUT2D eigenvalue weighted by Crippen LogP contribution is -2.38. The lowest BCUT2D eigenvalue weighted by Gasteiger charge is -2.24. The molecule has 7 heteroatoms. The number of amides is 1.